The molecule has 0 saturated heterocycles. The second kappa shape index (κ2) is 6.49. The van der Waals surface area contributed by atoms with Crippen molar-refractivity contribution < 1.29 is 19.8 Å². The van der Waals surface area contributed by atoms with Crippen molar-refractivity contribution >= 4 is 23.5 Å². The van der Waals surface area contributed by atoms with Gasteiger partial charge in [0.2, 0.25) is 0 Å². The molecule has 6 nitrogen and oxygen atoms in total. The third kappa shape index (κ3) is 4.18. The van der Waals surface area contributed by atoms with Gasteiger partial charge < -0.3 is 15.5 Å². The van der Waals surface area contributed by atoms with Crippen molar-refractivity contribution in [1.82, 2.24) is 10.3 Å². The van der Waals surface area contributed by atoms with Crippen LogP contribution >= 0.6 is 11.6 Å². The number of hydrogen-bond donors (Lipinski definition) is 3. The number of aliphatic hydroxyl groups is 1. The number of aromatic nitrogens is 1. The Labute approximate surface area is 115 Å². The standard InChI is InChI=1S/C12H15ClN2O4/c1-6(2)8-3-7(4-10(13)14-8)11(17)15-9(5-16)12(18)19/h3-4,6,9,16H,5H2,1-2H3,(H,15,17)(H,18,19)/t9-/m0/s1. The molecule has 1 aromatic rings. The largest absolute Gasteiger partial charge is 0.480 e. The SMILES string of the molecule is CC(C)c1cc(C(=O)N[C@@H](CO)C(=O)O)cc(Cl)n1. The molecule has 7 heteroatoms. The summed E-state index contributed by atoms with van der Waals surface area (Å²) in [4.78, 5) is 26.7. The zero-order valence-electron chi connectivity index (χ0n) is 10.6. The number of rotatable bonds is 5. The zero-order valence-corrected chi connectivity index (χ0v) is 11.3. The van der Waals surface area contributed by atoms with E-state index in [1.807, 2.05) is 13.8 Å². The van der Waals surface area contributed by atoms with Gasteiger partial charge >= 0.3 is 5.97 Å². The smallest absolute Gasteiger partial charge is 0.328 e. The Morgan fingerprint density at radius 2 is 2.05 bits per heavy atom. The first-order valence-corrected chi connectivity index (χ1v) is 6.05. The van der Waals surface area contributed by atoms with Crippen LogP contribution in [0.5, 0.6) is 0 Å². The number of halogens is 1. The van der Waals surface area contributed by atoms with Gasteiger partial charge in [-0.3, -0.25) is 4.79 Å². The summed E-state index contributed by atoms with van der Waals surface area (Å²) in [7, 11) is 0. The molecular formula is C12H15ClN2O4. The summed E-state index contributed by atoms with van der Waals surface area (Å²) in [5.74, 6) is -1.84. The van der Waals surface area contributed by atoms with Gasteiger partial charge in [0, 0.05) is 11.3 Å². The van der Waals surface area contributed by atoms with E-state index in [0.717, 1.165) is 0 Å². The van der Waals surface area contributed by atoms with Gasteiger partial charge in [0.1, 0.15) is 5.15 Å². The van der Waals surface area contributed by atoms with Crippen LogP contribution in [0.3, 0.4) is 0 Å². The van der Waals surface area contributed by atoms with Crippen LogP contribution in [-0.2, 0) is 4.79 Å². The Hall–Kier alpha value is -1.66. The Morgan fingerprint density at radius 1 is 1.42 bits per heavy atom. The fourth-order valence-corrected chi connectivity index (χ4v) is 1.59. The van der Waals surface area contributed by atoms with Gasteiger partial charge in [-0.15, -0.1) is 0 Å². The van der Waals surface area contributed by atoms with E-state index < -0.39 is 24.5 Å². The predicted octanol–water partition coefficient (Wildman–Crippen LogP) is 1.03. The Morgan fingerprint density at radius 3 is 2.53 bits per heavy atom. The first-order chi connectivity index (χ1) is 8.85. The first kappa shape index (κ1) is 15.4. The normalized spacial score (nSPS) is 12.3. The summed E-state index contributed by atoms with van der Waals surface area (Å²) in [6.45, 7) is 3.11. The lowest BCUT2D eigenvalue weighted by atomic mass is 10.1. The van der Waals surface area contributed by atoms with E-state index >= 15 is 0 Å². The average molecular weight is 287 g/mol. The number of aliphatic hydroxyl groups excluding tert-OH is 1. The lowest BCUT2D eigenvalue weighted by molar-refractivity contribution is -0.140. The molecule has 1 amide bonds. The minimum atomic E-state index is -1.35. The molecule has 1 atom stereocenters. The third-order valence-corrected chi connectivity index (χ3v) is 2.65. The first-order valence-electron chi connectivity index (χ1n) is 5.67. The van der Waals surface area contributed by atoms with Crippen LogP contribution in [0.4, 0.5) is 0 Å². The molecule has 0 aliphatic heterocycles. The number of nitrogens with one attached hydrogen (secondary N) is 1. The molecule has 19 heavy (non-hydrogen) atoms. The molecular weight excluding hydrogens is 272 g/mol. The summed E-state index contributed by atoms with van der Waals surface area (Å²) in [5.41, 5.74) is 0.844. The number of pyridine rings is 1. The number of hydrogen-bond acceptors (Lipinski definition) is 4. The van der Waals surface area contributed by atoms with Gasteiger partial charge in [-0.05, 0) is 18.1 Å². The van der Waals surface area contributed by atoms with Gasteiger partial charge in [0.05, 0.1) is 6.61 Å². The summed E-state index contributed by atoms with van der Waals surface area (Å²) in [6, 6.07) is 1.54. The number of carbonyl (C=O) groups is 2. The van der Waals surface area contributed by atoms with E-state index in [9.17, 15) is 9.59 Å². The van der Waals surface area contributed by atoms with Crippen LogP contribution in [0.1, 0.15) is 35.8 Å². The van der Waals surface area contributed by atoms with Crippen LogP contribution in [0.2, 0.25) is 5.15 Å². The van der Waals surface area contributed by atoms with Crippen molar-refractivity contribution in [2.75, 3.05) is 6.61 Å². The van der Waals surface area contributed by atoms with Crippen molar-refractivity contribution in [3.05, 3.63) is 28.5 Å². The molecule has 0 saturated carbocycles. The molecule has 104 valence electrons. The minimum absolute atomic E-state index is 0.0818. The van der Waals surface area contributed by atoms with Crippen molar-refractivity contribution in [3.63, 3.8) is 0 Å². The zero-order chi connectivity index (χ0) is 14.6. The van der Waals surface area contributed by atoms with E-state index in [0.29, 0.717) is 5.69 Å². The average Bonchev–Trinajstić information content (AvgIpc) is 2.34. The lowest BCUT2D eigenvalue weighted by Crippen LogP contribution is -2.43. The monoisotopic (exact) mass is 286 g/mol. The van der Waals surface area contributed by atoms with Gasteiger partial charge in [-0.25, -0.2) is 9.78 Å². The number of amides is 1. The maximum atomic E-state index is 11.9. The van der Waals surface area contributed by atoms with Crippen molar-refractivity contribution in [3.8, 4) is 0 Å². The maximum Gasteiger partial charge on any atom is 0.328 e. The number of carboxylic acids is 1. The fourth-order valence-electron chi connectivity index (χ4n) is 1.37. The molecule has 3 N–H and O–H groups in total. The Bertz CT molecular complexity index is 491. The van der Waals surface area contributed by atoms with E-state index in [4.69, 9.17) is 21.8 Å². The van der Waals surface area contributed by atoms with Crippen molar-refractivity contribution in [1.29, 1.82) is 0 Å². The fraction of sp³-hybridized carbons (Fsp3) is 0.417. The molecule has 0 spiro atoms. The highest BCUT2D eigenvalue weighted by atomic mass is 35.5. The molecule has 0 aliphatic rings. The molecule has 0 unspecified atom stereocenters. The highest BCUT2D eigenvalue weighted by Crippen LogP contribution is 2.17. The summed E-state index contributed by atoms with van der Waals surface area (Å²) in [5, 5.41) is 20.0. The summed E-state index contributed by atoms with van der Waals surface area (Å²) < 4.78 is 0. The van der Waals surface area contributed by atoms with Gasteiger partial charge in [-0.1, -0.05) is 25.4 Å². The van der Waals surface area contributed by atoms with Crippen molar-refractivity contribution in [2.45, 2.75) is 25.8 Å². The van der Waals surface area contributed by atoms with E-state index in [1.165, 1.54) is 6.07 Å². The maximum absolute atomic E-state index is 11.9. The predicted molar refractivity (Wildman–Crippen MR) is 69.3 cm³/mol. The van der Waals surface area contributed by atoms with Crippen molar-refractivity contribution in [2.24, 2.45) is 0 Å². The number of aliphatic carboxylic acids is 1. The van der Waals surface area contributed by atoms with Crippen LogP contribution in [0, 0.1) is 0 Å². The highest BCUT2D eigenvalue weighted by molar-refractivity contribution is 6.29. The number of nitrogens with zero attached hydrogens (tertiary/aromatic N) is 1. The van der Waals surface area contributed by atoms with Crippen LogP contribution in [-0.4, -0.2) is 39.7 Å². The van der Waals surface area contributed by atoms with Crippen LogP contribution in [0.15, 0.2) is 12.1 Å². The molecule has 0 bridgehead atoms. The van der Waals surface area contributed by atoms with Gasteiger partial charge in [-0.2, -0.15) is 0 Å². The molecule has 0 aromatic carbocycles. The van der Waals surface area contributed by atoms with Gasteiger partial charge in [0.25, 0.3) is 5.91 Å². The van der Waals surface area contributed by atoms with Gasteiger partial charge in [0.15, 0.2) is 6.04 Å². The van der Waals surface area contributed by atoms with E-state index in [2.05, 4.69) is 10.3 Å². The summed E-state index contributed by atoms with van der Waals surface area (Å²) in [6.07, 6.45) is 0. The van der Waals surface area contributed by atoms with Crippen LogP contribution in [0.25, 0.3) is 0 Å². The van der Waals surface area contributed by atoms with Crippen LogP contribution < -0.4 is 5.32 Å². The van der Waals surface area contributed by atoms with E-state index in [-0.39, 0.29) is 16.6 Å². The Kier molecular flexibility index (Phi) is 5.26. The quantitative estimate of drug-likeness (QED) is 0.702. The number of carbonyl (C=O) groups excluding carboxylic acids is 1. The second-order valence-corrected chi connectivity index (χ2v) is 4.69. The second-order valence-electron chi connectivity index (χ2n) is 4.30. The molecule has 0 fully saturated rings. The molecule has 1 rings (SSSR count). The molecule has 1 aromatic heterocycles. The topological polar surface area (TPSA) is 99.5 Å². The lowest BCUT2D eigenvalue weighted by Gasteiger charge is -2.13. The summed E-state index contributed by atoms with van der Waals surface area (Å²) >= 11 is 5.81. The van der Waals surface area contributed by atoms with E-state index in [1.54, 1.807) is 6.07 Å². The molecule has 0 radical (unpaired) electrons. The highest BCUT2D eigenvalue weighted by Gasteiger charge is 2.20. The molecule has 0 aliphatic carbocycles. The minimum Gasteiger partial charge on any atom is -0.480 e. The molecule has 1 heterocycles. The number of carboxylic acid groups (broad SMARTS) is 1. The third-order valence-electron chi connectivity index (χ3n) is 2.45. The Balaban J connectivity index is 2.96.